The first-order chi connectivity index (χ1) is 15.2. The molecule has 3 N–H and O–H groups in total. The van der Waals surface area contributed by atoms with Gasteiger partial charge < -0.3 is 9.58 Å². The summed E-state index contributed by atoms with van der Waals surface area (Å²) in [6.07, 6.45) is 0. The van der Waals surface area contributed by atoms with Crippen molar-refractivity contribution < 1.29 is 9.18 Å². The number of hydrogen-bond acceptors (Lipinski definition) is 5. The zero-order chi connectivity index (χ0) is 24.3. The first-order valence-electron chi connectivity index (χ1n) is 10.2. The summed E-state index contributed by atoms with van der Waals surface area (Å²) in [5, 5.41) is 3.05. The molecular weight excluding hydrogens is 409 g/mol. The number of nitrogens with two attached hydrogens (primary N) is 1. The summed E-state index contributed by atoms with van der Waals surface area (Å²) < 4.78 is 13.6. The number of carbonyl (C=O) groups excluding carboxylic acids is 1. The molecule has 0 aliphatic rings. The van der Waals surface area contributed by atoms with Gasteiger partial charge >= 0.3 is 0 Å². The van der Waals surface area contributed by atoms with E-state index < -0.39 is 0 Å². The summed E-state index contributed by atoms with van der Waals surface area (Å²) in [5.74, 6) is 4.80. The summed E-state index contributed by atoms with van der Waals surface area (Å²) in [6.45, 7) is 6.00. The van der Waals surface area contributed by atoms with Crippen LogP contribution in [0.5, 0.6) is 0 Å². The van der Waals surface area contributed by atoms with Crippen LogP contribution >= 0.6 is 0 Å². The second-order valence-corrected chi connectivity index (χ2v) is 6.73. The van der Waals surface area contributed by atoms with Gasteiger partial charge in [0, 0.05) is 27.2 Å². The SMILES string of the molecule is CC.CN(N)c1ccc(F)cc1.Cc1ccc(N(C)NC(=O)c2cccc(=O)n2C)cc1. The Labute approximate surface area is 188 Å². The van der Waals surface area contributed by atoms with E-state index in [1.807, 2.05) is 45.0 Å². The number of benzene rings is 2. The van der Waals surface area contributed by atoms with Crippen LogP contribution in [0.15, 0.2) is 71.5 Å². The lowest BCUT2D eigenvalue weighted by Gasteiger charge is -2.21. The van der Waals surface area contributed by atoms with Crippen molar-refractivity contribution in [2.24, 2.45) is 12.9 Å². The van der Waals surface area contributed by atoms with Gasteiger partial charge in [-0.2, -0.15) is 0 Å². The Balaban J connectivity index is 0.000000358. The van der Waals surface area contributed by atoms with Gasteiger partial charge in [0.1, 0.15) is 11.5 Å². The number of aromatic nitrogens is 1. The zero-order valence-electron chi connectivity index (χ0n) is 19.5. The highest BCUT2D eigenvalue weighted by Crippen LogP contribution is 2.12. The van der Waals surface area contributed by atoms with Crippen LogP contribution < -0.4 is 26.8 Å². The van der Waals surface area contributed by atoms with Gasteiger partial charge in [-0.05, 0) is 49.4 Å². The zero-order valence-corrected chi connectivity index (χ0v) is 19.5. The summed E-state index contributed by atoms with van der Waals surface area (Å²) in [4.78, 5) is 23.7. The van der Waals surface area contributed by atoms with Crippen LogP contribution in [-0.4, -0.2) is 24.6 Å². The summed E-state index contributed by atoms with van der Waals surface area (Å²) in [6, 6.07) is 18.4. The third kappa shape index (κ3) is 7.88. The van der Waals surface area contributed by atoms with Crippen molar-refractivity contribution in [3.63, 3.8) is 0 Å². The third-order valence-electron chi connectivity index (χ3n) is 4.34. The second kappa shape index (κ2) is 12.9. The lowest BCUT2D eigenvalue weighted by molar-refractivity contribution is 0.0942. The van der Waals surface area contributed by atoms with E-state index in [0.717, 1.165) is 16.9 Å². The molecule has 1 amide bonds. The highest BCUT2D eigenvalue weighted by molar-refractivity contribution is 5.93. The van der Waals surface area contributed by atoms with E-state index in [9.17, 15) is 14.0 Å². The van der Waals surface area contributed by atoms with E-state index in [1.54, 1.807) is 50.4 Å². The van der Waals surface area contributed by atoms with Crippen LogP contribution in [0, 0.1) is 12.7 Å². The second-order valence-electron chi connectivity index (χ2n) is 6.73. The Bertz CT molecular complexity index is 1030. The standard InChI is InChI=1S/C15H17N3O2.C7H9FN2.C2H6/c1-11-7-9-12(10-8-11)18(3)16-15(20)13-5-4-6-14(19)17(13)2;1-10(9)7-4-2-6(8)3-5-7;1-2/h4-10H,1-3H3,(H,16,20);2-5H,9H2,1H3;1-2H3. The van der Waals surface area contributed by atoms with Gasteiger partial charge in [0.2, 0.25) is 0 Å². The number of rotatable bonds is 4. The van der Waals surface area contributed by atoms with Gasteiger partial charge in [-0.15, -0.1) is 0 Å². The van der Waals surface area contributed by atoms with E-state index >= 15 is 0 Å². The quantitative estimate of drug-likeness (QED) is 0.477. The van der Waals surface area contributed by atoms with Crippen molar-refractivity contribution in [1.82, 2.24) is 9.99 Å². The molecule has 1 aromatic heterocycles. The van der Waals surface area contributed by atoms with Gasteiger partial charge in [0.25, 0.3) is 11.5 Å². The maximum Gasteiger partial charge on any atom is 0.286 e. The Morgan fingerprint density at radius 2 is 1.47 bits per heavy atom. The molecular formula is C24H32FN5O2. The minimum atomic E-state index is -0.326. The molecule has 0 aliphatic heterocycles. The van der Waals surface area contributed by atoms with Crippen molar-refractivity contribution in [2.45, 2.75) is 20.8 Å². The normalized spacial score (nSPS) is 9.50. The first kappa shape index (κ1) is 26.4. The highest BCUT2D eigenvalue weighted by atomic mass is 19.1. The molecule has 2 aromatic carbocycles. The molecule has 0 fully saturated rings. The minimum Gasteiger partial charge on any atom is -0.314 e. The van der Waals surface area contributed by atoms with E-state index in [-0.39, 0.29) is 17.3 Å². The topological polar surface area (TPSA) is 83.6 Å². The molecule has 0 unspecified atom stereocenters. The van der Waals surface area contributed by atoms with Crippen LogP contribution in [-0.2, 0) is 7.05 Å². The molecule has 7 nitrogen and oxygen atoms in total. The average molecular weight is 442 g/mol. The number of hydrogen-bond donors (Lipinski definition) is 2. The molecule has 172 valence electrons. The smallest absolute Gasteiger partial charge is 0.286 e. The van der Waals surface area contributed by atoms with Crippen molar-refractivity contribution >= 4 is 17.3 Å². The number of amides is 1. The van der Waals surface area contributed by atoms with Crippen LogP contribution in [0.4, 0.5) is 15.8 Å². The van der Waals surface area contributed by atoms with Crippen molar-refractivity contribution in [3.05, 3.63) is 94.2 Å². The van der Waals surface area contributed by atoms with Gasteiger partial charge in [-0.1, -0.05) is 37.6 Å². The Hall–Kier alpha value is -3.65. The van der Waals surface area contributed by atoms with Crippen LogP contribution in [0.25, 0.3) is 0 Å². The fraction of sp³-hybridized carbons (Fsp3) is 0.250. The molecule has 0 radical (unpaired) electrons. The largest absolute Gasteiger partial charge is 0.314 e. The molecule has 3 aromatic rings. The highest BCUT2D eigenvalue weighted by Gasteiger charge is 2.11. The number of carbonyl (C=O) groups is 1. The predicted octanol–water partition coefficient (Wildman–Crippen LogP) is 3.64. The Morgan fingerprint density at radius 3 is 2.00 bits per heavy atom. The summed E-state index contributed by atoms with van der Waals surface area (Å²) in [7, 11) is 5.03. The lowest BCUT2D eigenvalue weighted by atomic mass is 10.2. The monoisotopic (exact) mass is 441 g/mol. The summed E-state index contributed by atoms with van der Waals surface area (Å²) >= 11 is 0. The first-order valence-corrected chi connectivity index (χ1v) is 10.2. The molecule has 0 spiro atoms. The molecule has 0 aliphatic carbocycles. The number of nitrogens with zero attached hydrogens (tertiary/aromatic N) is 3. The van der Waals surface area contributed by atoms with Crippen molar-refractivity contribution in [2.75, 3.05) is 24.1 Å². The predicted molar refractivity (Wildman–Crippen MR) is 129 cm³/mol. The van der Waals surface area contributed by atoms with E-state index in [1.165, 1.54) is 27.8 Å². The van der Waals surface area contributed by atoms with Crippen LogP contribution in [0.2, 0.25) is 0 Å². The molecule has 1 heterocycles. The number of halogens is 1. The third-order valence-corrected chi connectivity index (χ3v) is 4.34. The lowest BCUT2D eigenvalue weighted by Crippen LogP contribution is -2.41. The molecule has 0 saturated carbocycles. The van der Waals surface area contributed by atoms with Crippen molar-refractivity contribution in [3.8, 4) is 0 Å². The molecule has 0 saturated heterocycles. The van der Waals surface area contributed by atoms with E-state index in [2.05, 4.69) is 5.43 Å². The Kier molecular flexibility index (Phi) is 10.6. The number of pyridine rings is 1. The number of aryl methyl sites for hydroxylation is 1. The molecule has 3 rings (SSSR count). The molecule has 32 heavy (non-hydrogen) atoms. The molecule has 8 heteroatoms. The van der Waals surface area contributed by atoms with Gasteiger partial charge in [-0.25, -0.2) is 10.2 Å². The number of nitrogens with one attached hydrogen (secondary N) is 1. The number of hydrazine groups is 2. The van der Waals surface area contributed by atoms with Gasteiger partial charge in [0.05, 0.1) is 11.4 Å². The summed E-state index contributed by atoms with van der Waals surface area (Å²) in [5.41, 5.74) is 5.65. The van der Waals surface area contributed by atoms with Crippen LogP contribution in [0.1, 0.15) is 29.9 Å². The van der Waals surface area contributed by atoms with Gasteiger partial charge in [-0.3, -0.25) is 20.0 Å². The Morgan fingerprint density at radius 1 is 0.938 bits per heavy atom. The maximum atomic E-state index is 12.3. The van der Waals surface area contributed by atoms with Crippen LogP contribution in [0.3, 0.4) is 0 Å². The fourth-order valence-electron chi connectivity index (χ4n) is 2.51. The average Bonchev–Trinajstić information content (AvgIpc) is 2.78. The molecule has 0 bridgehead atoms. The maximum absolute atomic E-state index is 12.3. The number of anilines is 2. The van der Waals surface area contributed by atoms with E-state index in [0.29, 0.717) is 5.69 Å². The fourth-order valence-corrected chi connectivity index (χ4v) is 2.51. The van der Waals surface area contributed by atoms with E-state index in [4.69, 9.17) is 5.84 Å². The van der Waals surface area contributed by atoms with Crippen molar-refractivity contribution in [1.29, 1.82) is 0 Å². The minimum absolute atomic E-state index is 0.212. The van der Waals surface area contributed by atoms with Gasteiger partial charge in [0.15, 0.2) is 0 Å². The molecule has 0 atom stereocenters.